The van der Waals surface area contributed by atoms with Crippen LogP contribution in [0.25, 0.3) is 0 Å². The molecule has 2 heterocycles. The van der Waals surface area contributed by atoms with Crippen molar-refractivity contribution in [3.63, 3.8) is 0 Å². The zero-order valence-corrected chi connectivity index (χ0v) is 21.0. The van der Waals surface area contributed by atoms with Gasteiger partial charge < -0.3 is 15.4 Å². The SMILES string of the molecule is CCOC(=O)c1c(NC(=O)CSc2nnc(NC(=O)Cc3ccccc3)s2)sc2c1CCCC2. The average molecular weight is 517 g/mol. The van der Waals surface area contributed by atoms with E-state index >= 15 is 0 Å². The number of ether oxygens (including phenoxy) is 1. The topological polar surface area (TPSA) is 110 Å². The molecule has 0 fully saturated rings. The normalized spacial score (nSPS) is 12.6. The van der Waals surface area contributed by atoms with Crippen LogP contribution in [0.2, 0.25) is 0 Å². The van der Waals surface area contributed by atoms with Crippen molar-refractivity contribution >= 4 is 62.4 Å². The van der Waals surface area contributed by atoms with Gasteiger partial charge in [-0.05, 0) is 43.7 Å². The van der Waals surface area contributed by atoms with Gasteiger partial charge in [-0.25, -0.2) is 4.79 Å². The third-order valence-electron chi connectivity index (χ3n) is 5.09. The van der Waals surface area contributed by atoms with Crippen molar-refractivity contribution in [2.24, 2.45) is 0 Å². The van der Waals surface area contributed by atoms with Crippen LogP contribution in [-0.4, -0.2) is 40.3 Å². The number of aryl methyl sites for hydroxylation is 1. The molecule has 0 atom stereocenters. The third-order valence-corrected chi connectivity index (χ3v) is 8.27. The average Bonchev–Trinajstić information content (AvgIpc) is 3.42. The van der Waals surface area contributed by atoms with Crippen molar-refractivity contribution in [1.82, 2.24) is 10.2 Å². The number of esters is 1. The molecule has 8 nitrogen and oxygen atoms in total. The van der Waals surface area contributed by atoms with Crippen molar-refractivity contribution in [2.45, 2.75) is 43.4 Å². The fourth-order valence-corrected chi connectivity index (χ4v) is 6.49. The number of benzene rings is 1. The number of rotatable bonds is 9. The Morgan fingerprint density at radius 2 is 1.82 bits per heavy atom. The second-order valence-electron chi connectivity index (χ2n) is 7.56. The van der Waals surface area contributed by atoms with Crippen LogP contribution in [0.5, 0.6) is 0 Å². The molecule has 2 N–H and O–H groups in total. The molecule has 3 aromatic rings. The van der Waals surface area contributed by atoms with E-state index in [1.807, 2.05) is 30.3 Å². The molecule has 0 spiro atoms. The van der Waals surface area contributed by atoms with Crippen LogP contribution in [0.1, 0.15) is 46.1 Å². The number of fused-ring (bicyclic) bond motifs is 1. The summed E-state index contributed by atoms with van der Waals surface area (Å²) < 4.78 is 5.81. The Kier molecular flexibility index (Phi) is 8.30. The van der Waals surface area contributed by atoms with E-state index in [0.717, 1.165) is 41.7 Å². The first kappa shape index (κ1) is 24.4. The Hall–Kier alpha value is -2.76. The van der Waals surface area contributed by atoms with Crippen LogP contribution in [0.4, 0.5) is 10.1 Å². The molecular weight excluding hydrogens is 492 g/mol. The van der Waals surface area contributed by atoms with Gasteiger partial charge in [0.15, 0.2) is 4.34 Å². The van der Waals surface area contributed by atoms with Crippen LogP contribution in [0.15, 0.2) is 34.7 Å². The number of anilines is 2. The second kappa shape index (κ2) is 11.6. The van der Waals surface area contributed by atoms with E-state index < -0.39 is 0 Å². The lowest BCUT2D eigenvalue weighted by atomic mass is 9.95. The number of carbonyl (C=O) groups is 3. The number of nitrogens with one attached hydrogen (secondary N) is 2. The number of amides is 2. The van der Waals surface area contributed by atoms with Gasteiger partial charge in [0, 0.05) is 4.88 Å². The fourth-order valence-electron chi connectivity index (χ4n) is 3.63. The predicted molar refractivity (Wildman–Crippen MR) is 135 cm³/mol. The zero-order valence-electron chi connectivity index (χ0n) is 18.6. The lowest BCUT2D eigenvalue weighted by Gasteiger charge is -2.12. The van der Waals surface area contributed by atoms with Gasteiger partial charge in [-0.15, -0.1) is 21.5 Å². The molecule has 178 valence electrons. The highest BCUT2D eigenvalue weighted by atomic mass is 32.2. The van der Waals surface area contributed by atoms with Crippen LogP contribution in [0, 0.1) is 0 Å². The molecule has 11 heteroatoms. The molecular formula is C23H24N4O4S3. The largest absolute Gasteiger partial charge is 0.462 e. The lowest BCUT2D eigenvalue weighted by molar-refractivity contribution is -0.115. The molecule has 2 aromatic heterocycles. The van der Waals surface area contributed by atoms with Crippen molar-refractivity contribution < 1.29 is 19.1 Å². The molecule has 1 aliphatic rings. The van der Waals surface area contributed by atoms with Gasteiger partial charge in [0.2, 0.25) is 16.9 Å². The first-order valence-electron chi connectivity index (χ1n) is 10.9. The third kappa shape index (κ3) is 6.22. The van der Waals surface area contributed by atoms with E-state index in [1.165, 1.54) is 34.4 Å². The molecule has 0 unspecified atom stereocenters. The second-order valence-corrected chi connectivity index (χ2v) is 10.9. The summed E-state index contributed by atoms with van der Waals surface area (Å²) in [5.74, 6) is -0.689. The van der Waals surface area contributed by atoms with E-state index in [4.69, 9.17) is 4.74 Å². The first-order valence-corrected chi connectivity index (χ1v) is 13.6. The van der Waals surface area contributed by atoms with Crippen LogP contribution in [-0.2, 0) is 33.6 Å². The van der Waals surface area contributed by atoms with E-state index in [1.54, 1.807) is 6.92 Å². The molecule has 2 amide bonds. The minimum Gasteiger partial charge on any atom is -0.462 e. The molecule has 34 heavy (non-hydrogen) atoms. The monoisotopic (exact) mass is 516 g/mol. The maximum atomic E-state index is 12.6. The molecule has 0 radical (unpaired) electrons. The number of carbonyl (C=O) groups excluding carboxylic acids is 3. The molecule has 0 saturated heterocycles. The van der Waals surface area contributed by atoms with Crippen molar-refractivity contribution in [1.29, 1.82) is 0 Å². The van der Waals surface area contributed by atoms with Crippen molar-refractivity contribution in [2.75, 3.05) is 23.0 Å². The highest BCUT2D eigenvalue weighted by Gasteiger charge is 2.27. The highest BCUT2D eigenvalue weighted by Crippen LogP contribution is 2.38. The molecule has 1 aliphatic carbocycles. The summed E-state index contributed by atoms with van der Waals surface area (Å²) in [6.45, 7) is 2.06. The first-order chi connectivity index (χ1) is 16.5. The number of thioether (sulfide) groups is 1. The summed E-state index contributed by atoms with van der Waals surface area (Å²) in [5.41, 5.74) is 2.42. The van der Waals surface area contributed by atoms with Gasteiger partial charge in [-0.2, -0.15) is 0 Å². The Morgan fingerprint density at radius 1 is 1.03 bits per heavy atom. The molecule has 1 aromatic carbocycles. The van der Waals surface area contributed by atoms with Crippen LogP contribution >= 0.6 is 34.4 Å². The predicted octanol–water partition coefficient (Wildman–Crippen LogP) is 4.57. The summed E-state index contributed by atoms with van der Waals surface area (Å²) in [7, 11) is 0. The summed E-state index contributed by atoms with van der Waals surface area (Å²) in [5, 5.41) is 14.6. The van der Waals surface area contributed by atoms with Crippen molar-refractivity contribution in [3.8, 4) is 0 Å². The van der Waals surface area contributed by atoms with Gasteiger partial charge in [-0.3, -0.25) is 9.59 Å². The molecule has 0 aliphatic heterocycles. The van der Waals surface area contributed by atoms with Gasteiger partial charge in [0.1, 0.15) is 5.00 Å². The van der Waals surface area contributed by atoms with E-state index in [-0.39, 0.29) is 36.6 Å². The van der Waals surface area contributed by atoms with Gasteiger partial charge in [0.25, 0.3) is 0 Å². The van der Waals surface area contributed by atoms with Crippen LogP contribution < -0.4 is 10.6 Å². The summed E-state index contributed by atoms with van der Waals surface area (Å²) >= 11 is 3.91. The number of aromatic nitrogens is 2. The maximum absolute atomic E-state index is 12.6. The summed E-state index contributed by atoms with van der Waals surface area (Å²) in [6, 6.07) is 9.44. The fraction of sp³-hybridized carbons (Fsp3) is 0.348. The van der Waals surface area contributed by atoms with Crippen molar-refractivity contribution in [3.05, 3.63) is 51.9 Å². The number of nitrogens with zero attached hydrogens (tertiary/aromatic N) is 2. The molecule has 0 saturated carbocycles. The van der Waals surface area contributed by atoms with E-state index in [2.05, 4.69) is 20.8 Å². The smallest absolute Gasteiger partial charge is 0.341 e. The number of hydrogen-bond donors (Lipinski definition) is 2. The Morgan fingerprint density at radius 3 is 2.62 bits per heavy atom. The summed E-state index contributed by atoms with van der Waals surface area (Å²) in [4.78, 5) is 38.5. The highest BCUT2D eigenvalue weighted by molar-refractivity contribution is 8.01. The van der Waals surface area contributed by atoms with Crippen LogP contribution in [0.3, 0.4) is 0 Å². The zero-order chi connectivity index (χ0) is 23.9. The maximum Gasteiger partial charge on any atom is 0.341 e. The van der Waals surface area contributed by atoms with E-state index in [0.29, 0.717) is 20.0 Å². The minimum absolute atomic E-state index is 0.109. The van der Waals surface area contributed by atoms with Gasteiger partial charge in [0.05, 0.1) is 24.3 Å². The number of thiophene rings is 1. The molecule has 4 rings (SSSR count). The standard InChI is InChI=1S/C23H24N4O4S3/c1-2-31-21(30)19-15-10-6-7-11-16(15)33-20(19)24-18(29)13-32-23-27-26-22(34-23)25-17(28)12-14-8-4-3-5-9-14/h3-5,8-9H,2,6-7,10-13H2,1H3,(H,24,29)(H,25,26,28). The Balaban J connectivity index is 1.32. The number of hydrogen-bond acceptors (Lipinski definition) is 9. The minimum atomic E-state index is -0.384. The Labute approximate surface area is 209 Å². The molecule has 0 bridgehead atoms. The van der Waals surface area contributed by atoms with E-state index in [9.17, 15) is 14.4 Å². The quantitative estimate of drug-likeness (QED) is 0.244. The van der Waals surface area contributed by atoms with Gasteiger partial charge in [-0.1, -0.05) is 53.4 Å². The summed E-state index contributed by atoms with van der Waals surface area (Å²) in [6.07, 6.45) is 4.11. The van der Waals surface area contributed by atoms with Gasteiger partial charge >= 0.3 is 5.97 Å². The lowest BCUT2D eigenvalue weighted by Crippen LogP contribution is -2.17. The Bertz CT molecular complexity index is 1180.